The lowest BCUT2D eigenvalue weighted by Crippen LogP contribution is -2.24. The molecule has 0 bridgehead atoms. The van der Waals surface area contributed by atoms with Crippen molar-refractivity contribution in [3.63, 3.8) is 0 Å². The fourth-order valence-corrected chi connectivity index (χ4v) is 2.20. The summed E-state index contributed by atoms with van der Waals surface area (Å²) in [5.41, 5.74) is 1.06. The van der Waals surface area contributed by atoms with Crippen LogP contribution in [0, 0.1) is 18.3 Å². The first-order chi connectivity index (χ1) is 8.13. The molecular weight excluding hydrogens is 248 g/mol. The van der Waals surface area contributed by atoms with E-state index in [-0.39, 0.29) is 22.8 Å². The van der Waals surface area contributed by atoms with E-state index in [9.17, 15) is 8.42 Å². The van der Waals surface area contributed by atoms with Crippen LogP contribution >= 0.6 is 0 Å². The van der Waals surface area contributed by atoms with E-state index in [0.29, 0.717) is 0 Å². The fourth-order valence-electron chi connectivity index (χ4n) is 1.21. The summed E-state index contributed by atoms with van der Waals surface area (Å²) >= 11 is 0. The lowest BCUT2D eigenvalue weighted by molar-refractivity contribution is 0.165. The summed E-state index contributed by atoms with van der Waals surface area (Å²) < 4.78 is 29.0. The zero-order valence-electron chi connectivity index (χ0n) is 11.7. The van der Waals surface area contributed by atoms with Gasteiger partial charge in [0.1, 0.15) is 0 Å². The van der Waals surface area contributed by atoms with Gasteiger partial charge in [-0.05, 0) is 30.4 Å². The van der Waals surface area contributed by atoms with Gasteiger partial charge in [0.25, 0.3) is 10.1 Å². The zero-order valence-corrected chi connectivity index (χ0v) is 12.5. The van der Waals surface area contributed by atoms with Crippen molar-refractivity contribution in [3.8, 4) is 0 Å². The van der Waals surface area contributed by atoms with Gasteiger partial charge < -0.3 is 0 Å². The molecule has 0 fully saturated rings. The van der Waals surface area contributed by atoms with Crippen molar-refractivity contribution in [1.29, 1.82) is 0 Å². The van der Waals surface area contributed by atoms with Crippen LogP contribution in [0.25, 0.3) is 0 Å². The van der Waals surface area contributed by atoms with Crippen LogP contribution < -0.4 is 0 Å². The van der Waals surface area contributed by atoms with Crippen molar-refractivity contribution >= 4 is 10.1 Å². The van der Waals surface area contributed by atoms with Crippen molar-refractivity contribution in [2.24, 2.45) is 11.3 Å². The average Bonchev–Trinajstić information content (AvgIpc) is 2.25. The second kappa shape index (κ2) is 5.41. The zero-order chi connectivity index (χ0) is 14.0. The molecule has 0 aliphatic rings. The van der Waals surface area contributed by atoms with Crippen LogP contribution in [0.5, 0.6) is 0 Å². The summed E-state index contributed by atoms with van der Waals surface area (Å²) in [4.78, 5) is 0.217. The highest BCUT2D eigenvalue weighted by Crippen LogP contribution is 2.26. The topological polar surface area (TPSA) is 43.4 Å². The molecule has 0 spiro atoms. The van der Waals surface area contributed by atoms with Crippen molar-refractivity contribution in [2.45, 2.75) is 39.5 Å². The van der Waals surface area contributed by atoms with Crippen LogP contribution in [0.1, 0.15) is 33.3 Å². The lowest BCUT2D eigenvalue weighted by Gasteiger charge is -2.26. The third kappa shape index (κ3) is 4.10. The molecule has 3 nitrogen and oxygen atoms in total. The Morgan fingerprint density at radius 1 is 1.17 bits per heavy atom. The minimum absolute atomic E-state index is 0.0306. The first-order valence-electron chi connectivity index (χ1n) is 6.09. The van der Waals surface area contributed by atoms with Gasteiger partial charge in [-0.25, -0.2) is 0 Å². The standard InChI is InChI=1S/C14H22O3S/c1-11-6-8-13(9-7-11)18(15,16)17-10-12(2)14(3,4)5/h6-9,12H,10H2,1-5H3/t12-/m0/s1. The van der Waals surface area contributed by atoms with Gasteiger partial charge in [-0.15, -0.1) is 0 Å². The summed E-state index contributed by atoms with van der Waals surface area (Å²) in [5.74, 6) is 0.165. The molecule has 4 heteroatoms. The maximum Gasteiger partial charge on any atom is 0.296 e. The summed E-state index contributed by atoms with van der Waals surface area (Å²) in [5, 5.41) is 0. The van der Waals surface area contributed by atoms with Crippen LogP contribution in [0.15, 0.2) is 29.2 Å². The van der Waals surface area contributed by atoms with Crippen LogP contribution in [0.3, 0.4) is 0 Å². The molecule has 0 amide bonds. The first kappa shape index (κ1) is 15.2. The predicted molar refractivity (Wildman–Crippen MR) is 72.9 cm³/mol. The number of benzene rings is 1. The van der Waals surface area contributed by atoms with Crippen molar-refractivity contribution < 1.29 is 12.6 Å². The Hall–Kier alpha value is -0.870. The van der Waals surface area contributed by atoms with Crippen molar-refractivity contribution in [2.75, 3.05) is 6.61 Å². The van der Waals surface area contributed by atoms with Gasteiger partial charge in [0.15, 0.2) is 0 Å². The van der Waals surface area contributed by atoms with Crippen LogP contribution in [0.4, 0.5) is 0 Å². The third-order valence-corrected chi connectivity index (χ3v) is 4.56. The van der Waals surface area contributed by atoms with E-state index in [2.05, 4.69) is 20.8 Å². The van der Waals surface area contributed by atoms with Gasteiger partial charge in [-0.3, -0.25) is 4.18 Å². The lowest BCUT2D eigenvalue weighted by atomic mass is 9.83. The predicted octanol–water partition coefficient (Wildman–Crippen LogP) is 3.38. The van der Waals surface area contributed by atoms with E-state index in [0.717, 1.165) is 5.56 Å². The van der Waals surface area contributed by atoms with E-state index in [1.807, 2.05) is 13.8 Å². The fraction of sp³-hybridized carbons (Fsp3) is 0.571. The second-order valence-corrected chi connectivity index (χ2v) is 7.43. The minimum atomic E-state index is -3.63. The van der Waals surface area contributed by atoms with Crippen molar-refractivity contribution in [1.82, 2.24) is 0 Å². The maximum absolute atomic E-state index is 12.0. The molecule has 102 valence electrons. The molecule has 0 unspecified atom stereocenters. The van der Waals surface area contributed by atoms with Gasteiger partial charge in [-0.2, -0.15) is 8.42 Å². The molecule has 0 saturated carbocycles. The Balaban J connectivity index is 2.75. The number of rotatable bonds is 4. The molecule has 0 heterocycles. The van der Waals surface area contributed by atoms with Crippen LogP contribution in [-0.2, 0) is 14.3 Å². The Labute approximate surface area is 110 Å². The SMILES string of the molecule is Cc1ccc(S(=O)(=O)OC[C@H](C)C(C)(C)C)cc1. The van der Waals surface area contributed by atoms with Gasteiger partial charge in [-0.1, -0.05) is 45.4 Å². The smallest absolute Gasteiger partial charge is 0.266 e. The molecule has 0 N–H and O–H groups in total. The average molecular weight is 270 g/mol. The van der Waals surface area contributed by atoms with Gasteiger partial charge in [0.05, 0.1) is 11.5 Å². The monoisotopic (exact) mass is 270 g/mol. The molecular formula is C14H22O3S. The molecule has 0 saturated heterocycles. The summed E-state index contributed by atoms with van der Waals surface area (Å²) in [6.45, 7) is 10.3. The third-order valence-electron chi connectivity index (χ3n) is 3.26. The van der Waals surface area contributed by atoms with Crippen LogP contribution in [0.2, 0.25) is 0 Å². The minimum Gasteiger partial charge on any atom is -0.266 e. The molecule has 0 aromatic heterocycles. The normalized spacial score (nSPS) is 14.5. The van der Waals surface area contributed by atoms with E-state index < -0.39 is 10.1 Å². The summed E-state index contributed by atoms with van der Waals surface area (Å²) in [6.07, 6.45) is 0. The van der Waals surface area contributed by atoms with E-state index in [1.54, 1.807) is 24.3 Å². The van der Waals surface area contributed by atoms with E-state index in [4.69, 9.17) is 4.18 Å². The van der Waals surface area contributed by atoms with E-state index >= 15 is 0 Å². The highest BCUT2D eigenvalue weighted by Gasteiger charge is 2.23. The van der Waals surface area contributed by atoms with Gasteiger partial charge >= 0.3 is 0 Å². The largest absolute Gasteiger partial charge is 0.296 e. The quantitative estimate of drug-likeness (QED) is 0.788. The molecule has 0 aliphatic carbocycles. The molecule has 1 atom stereocenters. The Kier molecular flexibility index (Phi) is 4.56. The Bertz CT molecular complexity index is 481. The molecule has 18 heavy (non-hydrogen) atoms. The highest BCUT2D eigenvalue weighted by atomic mass is 32.2. The van der Waals surface area contributed by atoms with Crippen molar-refractivity contribution in [3.05, 3.63) is 29.8 Å². The molecule has 0 radical (unpaired) electrons. The summed E-state index contributed by atoms with van der Waals surface area (Å²) in [6, 6.07) is 6.69. The Morgan fingerprint density at radius 3 is 2.11 bits per heavy atom. The summed E-state index contributed by atoms with van der Waals surface area (Å²) in [7, 11) is -3.63. The number of hydrogen-bond donors (Lipinski definition) is 0. The van der Waals surface area contributed by atoms with E-state index in [1.165, 1.54) is 0 Å². The molecule has 0 aliphatic heterocycles. The molecule has 1 aromatic carbocycles. The number of hydrogen-bond acceptors (Lipinski definition) is 3. The second-order valence-electron chi connectivity index (χ2n) is 5.82. The van der Waals surface area contributed by atoms with Gasteiger partial charge in [0.2, 0.25) is 0 Å². The number of aryl methyl sites for hydroxylation is 1. The van der Waals surface area contributed by atoms with Crippen LogP contribution in [-0.4, -0.2) is 15.0 Å². The van der Waals surface area contributed by atoms with Gasteiger partial charge in [0, 0.05) is 0 Å². The molecule has 1 rings (SSSR count). The molecule has 1 aromatic rings. The maximum atomic E-state index is 12.0. The highest BCUT2D eigenvalue weighted by molar-refractivity contribution is 7.86. The Morgan fingerprint density at radius 2 is 1.67 bits per heavy atom. The first-order valence-corrected chi connectivity index (χ1v) is 7.50.